The first-order chi connectivity index (χ1) is 13.7. The van der Waals surface area contributed by atoms with Gasteiger partial charge in [-0.05, 0) is 62.4 Å². The molecule has 29 heavy (non-hydrogen) atoms. The minimum Gasteiger partial charge on any atom is -0.491 e. The highest BCUT2D eigenvalue weighted by molar-refractivity contribution is 5.23. The lowest BCUT2D eigenvalue weighted by Crippen LogP contribution is -2.46. The second-order valence-corrected chi connectivity index (χ2v) is 7.23. The Morgan fingerprint density at radius 3 is 1.48 bits per heavy atom. The summed E-state index contributed by atoms with van der Waals surface area (Å²) in [5.41, 5.74) is 0. The highest BCUT2D eigenvalue weighted by Gasteiger charge is 2.48. The third-order valence-corrected chi connectivity index (χ3v) is 4.39. The van der Waals surface area contributed by atoms with Gasteiger partial charge in [0, 0.05) is 0 Å². The van der Waals surface area contributed by atoms with Crippen LogP contribution in [0.25, 0.3) is 0 Å². The average molecular weight is 410 g/mol. The number of aliphatic hydroxyl groups is 2. The smallest absolute Gasteiger partial charge is 0.164 e. The molecule has 1 heterocycles. The highest BCUT2D eigenvalue weighted by atomic mass is 19.1. The van der Waals surface area contributed by atoms with Crippen LogP contribution < -0.4 is 9.47 Å². The number of hydrogen-bond acceptors (Lipinski definition) is 6. The van der Waals surface area contributed by atoms with Crippen molar-refractivity contribution in [1.29, 1.82) is 0 Å². The largest absolute Gasteiger partial charge is 0.491 e. The molecule has 2 aromatic carbocycles. The van der Waals surface area contributed by atoms with E-state index in [1.54, 1.807) is 13.8 Å². The zero-order chi connectivity index (χ0) is 21.0. The van der Waals surface area contributed by atoms with Crippen LogP contribution in [0.15, 0.2) is 48.5 Å². The van der Waals surface area contributed by atoms with E-state index < -0.39 is 41.8 Å². The third kappa shape index (κ3) is 5.86. The van der Waals surface area contributed by atoms with Gasteiger partial charge >= 0.3 is 0 Å². The number of halogens is 2. The molecule has 1 fully saturated rings. The van der Waals surface area contributed by atoms with Crippen LogP contribution in [0.4, 0.5) is 8.78 Å². The predicted octanol–water partition coefficient (Wildman–Crippen LogP) is 2.66. The molecule has 4 atom stereocenters. The Kier molecular flexibility index (Phi) is 6.69. The summed E-state index contributed by atoms with van der Waals surface area (Å²) in [6.07, 6.45) is -3.99. The van der Waals surface area contributed by atoms with E-state index in [0.29, 0.717) is 11.5 Å². The van der Waals surface area contributed by atoms with Gasteiger partial charge in [0.15, 0.2) is 5.79 Å². The molecule has 0 aliphatic carbocycles. The van der Waals surface area contributed by atoms with E-state index in [0.717, 1.165) is 0 Å². The van der Waals surface area contributed by atoms with Crippen LogP contribution in [-0.2, 0) is 9.47 Å². The molecule has 0 saturated carbocycles. The molecule has 3 rings (SSSR count). The summed E-state index contributed by atoms with van der Waals surface area (Å²) in [5, 5.41) is 21.1. The van der Waals surface area contributed by atoms with Gasteiger partial charge in [-0.3, -0.25) is 0 Å². The van der Waals surface area contributed by atoms with Crippen LogP contribution in [-0.4, -0.2) is 53.6 Å². The third-order valence-electron chi connectivity index (χ3n) is 4.39. The van der Waals surface area contributed by atoms with E-state index in [4.69, 9.17) is 18.9 Å². The molecule has 0 aromatic heterocycles. The summed E-state index contributed by atoms with van der Waals surface area (Å²) in [6.45, 7) is 3.05. The molecule has 0 spiro atoms. The van der Waals surface area contributed by atoms with Crippen LogP contribution >= 0.6 is 0 Å². The number of hydrogen-bond donors (Lipinski definition) is 2. The molecule has 0 radical (unpaired) electrons. The van der Waals surface area contributed by atoms with E-state index in [1.807, 2.05) is 0 Å². The number of rotatable bonds is 8. The number of benzene rings is 2. The Hall–Kier alpha value is -2.26. The average Bonchev–Trinajstić information content (AvgIpc) is 3.02. The maximum Gasteiger partial charge on any atom is 0.164 e. The van der Waals surface area contributed by atoms with Crippen molar-refractivity contribution in [2.45, 2.75) is 44.1 Å². The summed E-state index contributed by atoms with van der Waals surface area (Å²) < 4.78 is 48.4. The molecule has 0 amide bonds. The lowest BCUT2D eigenvalue weighted by atomic mass is 10.0. The van der Waals surface area contributed by atoms with Crippen molar-refractivity contribution < 1.29 is 37.9 Å². The van der Waals surface area contributed by atoms with Gasteiger partial charge in [0.05, 0.1) is 0 Å². The predicted molar refractivity (Wildman–Crippen MR) is 99.6 cm³/mol. The summed E-state index contributed by atoms with van der Waals surface area (Å²) >= 11 is 0. The normalized spacial score (nSPS) is 22.8. The number of ether oxygens (including phenoxy) is 4. The Morgan fingerprint density at radius 2 is 1.14 bits per heavy atom. The highest BCUT2D eigenvalue weighted by Crippen LogP contribution is 2.32. The molecule has 8 heteroatoms. The molecule has 2 aromatic rings. The fraction of sp³-hybridized carbons (Fsp3) is 0.429. The fourth-order valence-corrected chi connectivity index (χ4v) is 3.03. The van der Waals surface area contributed by atoms with Gasteiger partial charge in [-0.2, -0.15) is 0 Å². The molecule has 158 valence electrons. The minimum absolute atomic E-state index is 0.141. The molecular weight excluding hydrogens is 386 g/mol. The van der Waals surface area contributed by atoms with E-state index in [2.05, 4.69) is 0 Å². The Morgan fingerprint density at radius 1 is 0.793 bits per heavy atom. The van der Waals surface area contributed by atoms with Gasteiger partial charge in [0.2, 0.25) is 0 Å². The van der Waals surface area contributed by atoms with Crippen molar-refractivity contribution in [1.82, 2.24) is 0 Å². The fourth-order valence-electron chi connectivity index (χ4n) is 3.03. The molecular formula is C21H24F2O6. The Balaban J connectivity index is 1.59. The van der Waals surface area contributed by atoms with Gasteiger partial charge in [-0.25, -0.2) is 8.78 Å². The maximum atomic E-state index is 13.0. The van der Waals surface area contributed by atoms with Crippen molar-refractivity contribution in [2.75, 3.05) is 13.2 Å². The topological polar surface area (TPSA) is 77.4 Å². The van der Waals surface area contributed by atoms with Crippen molar-refractivity contribution >= 4 is 0 Å². The number of aliphatic hydroxyl groups excluding tert-OH is 2. The second-order valence-electron chi connectivity index (χ2n) is 7.23. The van der Waals surface area contributed by atoms with Gasteiger partial charge in [-0.1, -0.05) is 0 Å². The van der Waals surface area contributed by atoms with Crippen LogP contribution in [0.3, 0.4) is 0 Å². The van der Waals surface area contributed by atoms with Gasteiger partial charge < -0.3 is 29.2 Å². The second kappa shape index (κ2) is 9.04. The van der Waals surface area contributed by atoms with Crippen LogP contribution in [0.2, 0.25) is 0 Å². The van der Waals surface area contributed by atoms with Crippen LogP contribution in [0.5, 0.6) is 11.5 Å². The first-order valence-corrected chi connectivity index (χ1v) is 9.22. The summed E-state index contributed by atoms with van der Waals surface area (Å²) in [6, 6.07) is 10.8. The van der Waals surface area contributed by atoms with Gasteiger partial charge in [0.1, 0.15) is 60.8 Å². The SMILES string of the molecule is CC1(C)O[C@H]([C@H](O)COc2ccc(F)cc2)[C@@H]([C@H](O)COc2ccc(F)cc2)O1. The Bertz CT molecular complexity index is 715. The van der Waals surface area contributed by atoms with Crippen molar-refractivity contribution in [3.8, 4) is 11.5 Å². The van der Waals surface area contributed by atoms with E-state index in [9.17, 15) is 19.0 Å². The summed E-state index contributed by atoms with van der Waals surface area (Å²) in [5.74, 6) is -1.03. The van der Waals surface area contributed by atoms with Crippen LogP contribution in [0, 0.1) is 11.6 Å². The molecule has 1 saturated heterocycles. The van der Waals surface area contributed by atoms with E-state index in [-0.39, 0.29) is 13.2 Å². The van der Waals surface area contributed by atoms with E-state index >= 15 is 0 Å². The lowest BCUT2D eigenvalue weighted by Gasteiger charge is -2.25. The zero-order valence-electron chi connectivity index (χ0n) is 16.1. The van der Waals surface area contributed by atoms with Crippen LogP contribution in [0.1, 0.15) is 13.8 Å². The van der Waals surface area contributed by atoms with Crippen molar-refractivity contribution in [3.63, 3.8) is 0 Å². The summed E-state index contributed by atoms with van der Waals surface area (Å²) in [7, 11) is 0. The first kappa shape index (κ1) is 21.4. The Labute approximate surface area is 167 Å². The first-order valence-electron chi connectivity index (χ1n) is 9.22. The molecule has 0 bridgehead atoms. The molecule has 1 aliphatic heterocycles. The quantitative estimate of drug-likeness (QED) is 0.697. The maximum absolute atomic E-state index is 13.0. The molecule has 0 unspecified atom stereocenters. The van der Waals surface area contributed by atoms with Crippen molar-refractivity contribution in [2.24, 2.45) is 0 Å². The van der Waals surface area contributed by atoms with Gasteiger partial charge in [-0.15, -0.1) is 0 Å². The zero-order valence-corrected chi connectivity index (χ0v) is 16.1. The minimum atomic E-state index is -1.12. The monoisotopic (exact) mass is 410 g/mol. The lowest BCUT2D eigenvalue weighted by molar-refractivity contribution is -0.162. The summed E-state index contributed by atoms with van der Waals surface area (Å²) in [4.78, 5) is 0. The molecule has 2 N–H and O–H groups in total. The van der Waals surface area contributed by atoms with E-state index in [1.165, 1.54) is 48.5 Å². The van der Waals surface area contributed by atoms with Gasteiger partial charge in [0.25, 0.3) is 0 Å². The van der Waals surface area contributed by atoms with Crippen molar-refractivity contribution in [3.05, 3.63) is 60.2 Å². The molecule has 1 aliphatic rings. The standard InChI is InChI=1S/C21H24F2O6/c1-21(2)28-19(17(24)11-26-15-7-3-13(22)4-8-15)20(29-21)18(25)12-27-16-9-5-14(23)6-10-16/h3-10,17-20,24-25H,11-12H2,1-2H3/t17-,18-,19-,20-/m1/s1. The molecule has 6 nitrogen and oxygen atoms in total.